The smallest absolute Gasteiger partial charge is 0.254 e. The van der Waals surface area contributed by atoms with E-state index in [9.17, 15) is 4.79 Å². The Morgan fingerprint density at radius 1 is 1.31 bits per heavy atom. The van der Waals surface area contributed by atoms with Gasteiger partial charge in [0.25, 0.3) is 5.91 Å². The molecule has 0 unspecified atom stereocenters. The number of rotatable bonds is 7. The van der Waals surface area contributed by atoms with Crippen LogP contribution < -0.4 is 0 Å². The molecule has 3 heterocycles. The average molecular weight is 358 g/mol. The lowest BCUT2D eigenvalue weighted by Gasteiger charge is -2.37. The molecular formula is C18H26N6O2. The fourth-order valence-electron chi connectivity index (χ4n) is 3.31. The average Bonchev–Trinajstić information content (AvgIpc) is 3.21. The van der Waals surface area contributed by atoms with E-state index in [4.69, 9.17) is 4.74 Å². The number of pyridine rings is 1. The summed E-state index contributed by atoms with van der Waals surface area (Å²) in [4.78, 5) is 21.9. The van der Waals surface area contributed by atoms with Crippen LogP contribution in [0, 0.1) is 0 Å². The van der Waals surface area contributed by atoms with Crippen molar-refractivity contribution >= 4 is 5.91 Å². The Bertz CT molecular complexity index is 697. The highest BCUT2D eigenvalue weighted by Crippen LogP contribution is 2.19. The van der Waals surface area contributed by atoms with E-state index in [-0.39, 0.29) is 11.9 Å². The van der Waals surface area contributed by atoms with Crippen LogP contribution in [0.4, 0.5) is 0 Å². The summed E-state index contributed by atoms with van der Waals surface area (Å²) in [5.41, 5.74) is 0.639. The fourth-order valence-corrected chi connectivity index (χ4v) is 3.31. The van der Waals surface area contributed by atoms with Gasteiger partial charge in [-0.25, -0.2) is 4.98 Å². The molecule has 0 radical (unpaired) electrons. The lowest BCUT2D eigenvalue weighted by molar-refractivity contribution is 0.0564. The molecule has 1 amide bonds. The molecule has 1 aliphatic rings. The number of hydrogen-bond donors (Lipinski definition) is 0. The van der Waals surface area contributed by atoms with Crippen LogP contribution in [0.15, 0.2) is 31.0 Å². The van der Waals surface area contributed by atoms with Gasteiger partial charge in [-0.15, -0.1) is 10.2 Å². The minimum atomic E-state index is 0.0485. The van der Waals surface area contributed by atoms with E-state index in [1.807, 2.05) is 4.90 Å². The Kier molecular flexibility index (Phi) is 6.30. The van der Waals surface area contributed by atoms with Crippen molar-refractivity contribution in [3.63, 3.8) is 0 Å². The quantitative estimate of drug-likeness (QED) is 0.693. The number of hydrogen-bond acceptors (Lipinski definition) is 6. The van der Waals surface area contributed by atoms with E-state index in [1.54, 1.807) is 42.7 Å². The third kappa shape index (κ3) is 4.44. The van der Waals surface area contributed by atoms with Crippen LogP contribution in [-0.4, -0.2) is 81.9 Å². The molecule has 26 heavy (non-hydrogen) atoms. The first-order valence-electron chi connectivity index (χ1n) is 8.98. The van der Waals surface area contributed by atoms with Gasteiger partial charge in [0.15, 0.2) is 0 Å². The number of amides is 1. The first-order chi connectivity index (χ1) is 12.7. The fraction of sp³-hybridized carbons (Fsp3) is 0.556. The third-order valence-corrected chi connectivity index (χ3v) is 4.81. The summed E-state index contributed by atoms with van der Waals surface area (Å²) in [6.45, 7) is 3.38. The maximum atomic E-state index is 13.2. The van der Waals surface area contributed by atoms with E-state index in [2.05, 4.69) is 27.1 Å². The summed E-state index contributed by atoms with van der Waals surface area (Å²) >= 11 is 0. The molecule has 0 aromatic carbocycles. The number of piperidine rings is 1. The van der Waals surface area contributed by atoms with Gasteiger partial charge >= 0.3 is 0 Å². The van der Waals surface area contributed by atoms with E-state index in [1.165, 1.54) is 0 Å². The Morgan fingerprint density at radius 3 is 2.73 bits per heavy atom. The molecule has 1 fully saturated rings. The topological polar surface area (TPSA) is 76.4 Å². The molecule has 3 rings (SSSR count). The van der Waals surface area contributed by atoms with Gasteiger partial charge in [0.05, 0.1) is 0 Å². The third-order valence-electron chi connectivity index (χ3n) is 4.81. The molecule has 140 valence electrons. The van der Waals surface area contributed by atoms with E-state index in [0.717, 1.165) is 32.4 Å². The zero-order valence-corrected chi connectivity index (χ0v) is 15.4. The molecule has 0 N–H and O–H groups in total. The van der Waals surface area contributed by atoms with Crippen molar-refractivity contribution < 1.29 is 9.53 Å². The van der Waals surface area contributed by atoms with Crippen molar-refractivity contribution in [1.29, 1.82) is 0 Å². The minimum absolute atomic E-state index is 0.0485. The first kappa shape index (κ1) is 18.5. The molecule has 1 saturated heterocycles. The second kappa shape index (κ2) is 8.86. The molecule has 2 aromatic heterocycles. The van der Waals surface area contributed by atoms with Gasteiger partial charge in [-0.3, -0.25) is 9.36 Å². The maximum Gasteiger partial charge on any atom is 0.254 e. The van der Waals surface area contributed by atoms with Gasteiger partial charge < -0.3 is 14.5 Å². The minimum Gasteiger partial charge on any atom is -0.385 e. The molecule has 0 atom stereocenters. The second-order valence-electron chi connectivity index (χ2n) is 6.65. The lowest BCUT2D eigenvalue weighted by Crippen LogP contribution is -2.47. The molecule has 1 aliphatic heterocycles. The normalized spacial score (nSPS) is 15.9. The van der Waals surface area contributed by atoms with Crippen molar-refractivity contribution in [2.45, 2.75) is 25.3 Å². The molecule has 8 nitrogen and oxygen atoms in total. The number of nitrogens with zero attached hydrogens (tertiary/aromatic N) is 6. The number of carbonyl (C=O) groups is 1. The Morgan fingerprint density at radius 2 is 2.04 bits per heavy atom. The molecular weight excluding hydrogens is 332 g/mol. The highest BCUT2D eigenvalue weighted by atomic mass is 16.5. The summed E-state index contributed by atoms with van der Waals surface area (Å²) in [5.74, 6) is 0.688. The van der Waals surface area contributed by atoms with Gasteiger partial charge in [-0.05, 0) is 51.5 Å². The molecule has 0 spiro atoms. The summed E-state index contributed by atoms with van der Waals surface area (Å²) in [6, 6.07) is 3.83. The first-order valence-corrected chi connectivity index (χ1v) is 8.98. The van der Waals surface area contributed by atoms with Crippen LogP contribution in [0.2, 0.25) is 0 Å². The molecule has 0 saturated carbocycles. The predicted molar refractivity (Wildman–Crippen MR) is 97.2 cm³/mol. The summed E-state index contributed by atoms with van der Waals surface area (Å²) in [5, 5.41) is 7.60. The zero-order chi connectivity index (χ0) is 18.4. The lowest BCUT2D eigenvalue weighted by atomic mass is 10.0. The van der Waals surface area contributed by atoms with Crippen molar-refractivity contribution in [2.75, 3.05) is 40.4 Å². The van der Waals surface area contributed by atoms with Gasteiger partial charge in [0.1, 0.15) is 18.5 Å². The van der Waals surface area contributed by atoms with Crippen molar-refractivity contribution in [3.8, 4) is 5.82 Å². The van der Waals surface area contributed by atoms with Crippen molar-refractivity contribution in [2.24, 2.45) is 0 Å². The standard InChI is InChI=1S/C18H26N6O2/c1-22-9-5-16(6-10-22)24(8-3-11-26-2)18(25)15-4-7-19-17(12-15)23-13-20-21-14-23/h4,7,12-14,16H,3,5-6,8-11H2,1-2H3. The maximum absolute atomic E-state index is 13.2. The second-order valence-corrected chi connectivity index (χ2v) is 6.65. The molecule has 0 bridgehead atoms. The number of ether oxygens (including phenoxy) is 1. The van der Waals surface area contributed by atoms with Crippen LogP contribution in [0.5, 0.6) is 0 Å². The predicted octanol–water partition coefficient (Wildman–Crippen LogP) is 1.24. The number of methoxy groups -OCH3 is 1. The Balaban J connectivity index is 1.79. The SMILES string of the molecule is COCCCN(C(=O)c1ccnc(-n2cnnc2)c1)C1CCN(C)CC1. The van der Waals surface area contributed by atoms with Crippen LogP contribution in [0.1, 0.15) is 29.6 Å². The van der Waals surface area contributed by atoms with Gasteiger partial charge in [0, 0.05) is 38.1 Å². The summed E-state index contributed by atoms with van der Waals surface area (Å²) in [6.07, 6.45) is 7.63. The Hall–Kier alpha value is -2.32. The Labute approximate surface area is 153 Å². The molecule has 8 heteroatoms. The largest absolute Gasteiger partial charge is 0.385 e. The van der Waals surface area contributed by atoms with Crippen LogP contribution in [-0.2, 0) is 4.74 Å². The van der Waals surface area contributed by atoms with E-state index < -0.39 is 0 Å². The van der Waals surface area contributed by atoms with Gasteiger partial charge in [0.2, 0.25) is 0 Å². The number of carbonyl (C=O) groups excluding carboxylic acids is 1. The summed E-state index contributed by atoms with van der Waals surface area (Å²) in [7, 11) is 3.82. The van der Waals surface area contributed by atoms with Crippen LogP contribution in [0.3, 0.4) is 0 Å². The number of aromatic nitrogens is 4. The number of likely N-dealkylation sites (tertiary alicyclic amines) is 1. The van der Waals surface area contributed by atoms with E-state index >= 15 is 0 Å². The van der Waals surface area contributed by atoms with E-state index in [0.29, 0.717) is 24.5 Å². The van der Waals surface area contributed by atoms with Gasteiger partial charge in [-0.1, -0.05) is 0 Å². The molecule has 2 aromatic rings. The highest BCUT2D eigenvalue weighted by Gasteiger charge is 2.27. The van der Waals surface area contributed by atoms with Crippen molar-refractivity contribution in [3.05, 3.63) is 36.5 Å². The van der Waals surface area contributed by atoms with Crippen molar-refractivity contribution in [1.82, 2.24) is 29.5 Å². The van der Waals surface area contributed by atoms with Gasteiger partial charge in [-0.2, -0.15) is 0 Å². The molecule has 0 aliphatic carbocycles. The zero-order valence-electron chi connectivity index (χ0n) is 15.4. The monoisotopic (exact) mass is 358 g/mol. The van der Waals surface area contributed by atoms with Crippen LogP contribution >= 0.6 is 0 Å². The summed E-state index contributed by atoms with van der Waals surface area (Å²) < 4.78 is 6.87. The highest BCUT2D eigenvalue weighted by molar-refractivity contribution is 5.94. The van der Waals surface area contributed by atoms with Crippen LogP contribution in [0.25, 0.3) is 5.82 Å².